The molecule has 0 saturated heterocycles. The van der Waals surface area contributed by atoms with Gasteiger partial charge < -0.3 is 13.3 Å². The van der Waals surface area contributed by atoms with Crippen LogP contribution < -0.4 is 0 Å². The van der Waals surface area contributed by atoms with Crippen LogP contribution in [0.2, 0.25) is 0 Å². The number of imidazole rings is 1. The maximum Gasteiger partial charge on any atom is 0.147 e. The van der Waals surface area contributed by atoms with Gasteiger partial charge in [0.2, 0.25) is 0 Å². The molecular formula is C49H26N2O3. The zero-order valence-corrected chi connectivity index (χ0v) is 28.6. The van der Waals surface area contributed by atoms with Crippen molar-refractivity contribution in [3.05, 3.63) is 158 Å². The Hall–Kier alpha value is -7.37. The van der Waals surface area contributed by atoms with E-state index in [-0.39, 0.29) is 0 Å². The standard InChI is InChI=1S/C49H26N2O3/c1-2-11-34-30(9-1)31-22-21-29(25-39(31)51-38-14-6-5-13-37(38)50-49(34)51)27-17-19-28(20-18-27)36-26-43-45(44-35-12-4-8-16-41(35)54-48(36)44)46-42(52-43)24-23-33-32-10-3-7-15-40(32)53-47(33)46/h1-26H. The van der Waals surface area contributed by atoms with Gasteiger partial charge in [-0.15, -0.1) is 0 Å². The van der Waals surface area contributed by atoms with Crippen molar-refractivity contribution in [2.75, 3.05) is 0 Å². The maximum absolute atomic E-state index is 6.72. The molecule has 0 saturated carbocycles. The molecule has 8 aromatic carbocycles. The summed E-state index contributed by atoms with van der Waals surface area (Å²) in [6.07, 6.45) is 0. The van der Waals surface area contributed by atoms with E-state index in [1.807, 2.05) is 24.3 Å². The quantitative estimate of drug-likeness (QED) is 0.169. The molecule has 0 aliphatic rings. The van der Waals surface area contributed by atoms with Gasteiger partial charge in [-0.1, -0.05) is 109 Å². The van der Waals surface area contributed by atoms with Crippen molar-refractivity contribution in [3.8, 4) is 22.3 Å². The molecule has 13 aromatic rings. The summed E-state index contributed by atoms with van der Waals surface area (Å²) in [6, 6.07) is 55.3. The van der Waals surface area contributed by atoms with Crippen molar-refractivity contribution in [1.29, 1.82) is 0 Å². The van der Waals surface area contributed by atoms with E-state index in [1.54, 1.807) is 0 Å². The molecule has 13 rings (SSSR count). The summed E-state index contributed by atoms with van der Waals surface area (Å²) in [6.45, 7) is 0. The Kier molecular flexibility index (Phi) is 5.31. The molecule has 250 valence electrons. The number of aromatic nitrogens is 2. The molecule has 0 atom stereocenters. The van der Waals surface area contributed by atoms with E-state index >= 15 is 0 Å². The van der Waals surface area contributed by atoms with Gasteiger partial charge in [-0.2, -0.15) is 0 Å². The molecule has 0 spiro atoms. The highest BCUT2D eigenvalue weighted by molar-refractivity contribution is 6.33. The Morgan fingerprint density at radius 1 is 0.370 bits per heavy atom. The van der Waals surface area contributed by atoms with E-state index in [1.165, 1.54) is 10.8 Å². The first kappa shape index (κ1) is 28.2. The van der Waals surface area contributed by atoms with E-state index in [0.29, 0.717) is 0 Å². The second-order valence-corrected chi connectivity index (χ2v) is 14.2. The second-order valence-electron chi connectivity index (χ2n) is 14.2. The Labute approximate surface area is 305 Å². The van der Waals surface area contributed by atoms with Crippen LogP contribution in [-0.2, 0) is 0 Å². The van der Waals surface area contributed by atoms with E-state index in [0.717, 1.165) is 116 Å². The fourth-order valence-corrected chi connectivity index (χ4v) is 8.96. The third-order valence-corrected chi connectivity index (χ3v) is 11.4. The van der Waals surface area contributed by atoms with Crippen molar-refractivity contribution < 1.29 is 13.3 Å². The lowest BCUT2D eigenvalue weighted by molar-refractivity contribution is 0.660. The van der Waals surface area contributed by atoms with Crippen LogP contribution in [0.4, 0.5) is 0 Å². The molecule has 5 aromatic heterocycles. The summed E-state index contributed by atoms with van der Waals surface area (Å²) in [5, 5.41) is 9.79. The number of benzene rings is 8. The molecule has 54 heavy (non-hydrogen) atoms. The van der Waals surface area contributed by atoms with E-state index < -0.39 is 0 Å². The summed E-state index contributed by atoms with van der Waals surface area (Å²) < 4.78 is 22.2. The summed E-state index contributed by atoms with van der Waals surface area (Å²) >= 11 is 0. The van der Waals surface area contributed by atoms with Crippen LogP contribution in [0.15, 0.2) is 171 Å². The predicted molar refractivity (Wildman–Crippen MR) is 220 cm³/mol. The van der Waals surface area contributed by atoms with Crippen LogP contribution in [0, 0.1) is 0 Å². The summed E-state index contributed by atoms with van der Waals surface area (Å²) in [4.78, 5) is 5.08. The Bertz CT molecular complexity index is 3730. The third-order valence-electron chi connectivity index (χ3n) is 11.4. The van der Waals surface area contributed by atoms with Crippen LogP contribution in [0.1, 0.15) is 0 Å². The molecule has 0 unspecified atom stereocenters. The summed E-state index contributed by atoms with van der Waals surface area (Å²) in [7, 11) is 0. The largest absolute Gasteiger partial charge is 0.456 e. The van der Waals surface area contributed by atoms with Crippen molar-refractivity contribution >= 4 is 104 Å². The highest BCUT2D eigenvalue weighted by Gasteiger charge is 2.24. The van der Waals surface area contributed by atoms with Gasteiger partial charge in [0.05, 0.1) is 21.9 Å². The maximum atomic E-state index is 6.72. The molecule has 5 heteroatoms. The zero-order chi connectivity index (χ0) is 35.1. The Morgan fingerprint density at radius 3 is 1.91 bits per heavy atom. The zero-order valence-electron chi connectivity index (χ0n) is 28.6. The smallest absolute Gasteiger partial charge is 0.147 e. The lowest BCUT2D eigenvalue weighted by Gasteiger charge is -2.12. The molecule has 0 N–H and O–H groups in total. The van der Waals surface area contributed by atoms with Crippen molar-refractivity contribution in [1.82, 2.24) is 9.38 Å². The first-order valence-electron chi connectivity index (χ1n) is 18.2. The van der Waals surface area contributed by atoms with Crippen LogP contribution in [0.5, 0.6) is 0 Å². The van der Waals surface area contributed by atoms with Crippen molar-refractivity contribution in [3.63, 3.8) is 0 Å². The second kappa shape index (κ2) is 10.1. The molecule has 0 aliphatic carbocycles. The Balaban J connectivity index is 1.02. The van der Waals surface area contributed by atoms with Crippen molar-refractivity contribution in [2.24, 2.45) is 0 Å². The monoisotopic (exact) mass is 690 g/mol. The Morgan fingerprint density at radius 2 is 1.04 bits per heavy atom. The number of fused-ring (bicyclic) bond motifs is 19. The molecule has 5 nitrogen and oxygen atoms in total. The van der Waals surface area contributed by atoms with Gasteiger partial charge >= 0.3 is 0 Å². The van der Waals surface area contributed by atoms with E-state index in [9.17, 15) is 0 Å². The van der Waals surface area contributed by atoms with E-state index in [2.05, 4.69) is 138 Å². The predicted octanol–water partition coefficient (Wildman–Crippen LogP) is 13.8. The van der Waals surface area contributed by atoms with Crippen LogP contribution in [0.3, 0.4) is 0 Å². The highest BCUT2D eigenvalue weighted by Crippen LogP contribution is 2.47. The van der Waals surface area contributed by atoms with Gasteiger partial charge in [0.1, 0.15) is 39.1 Å². The van der Waals surface area contributed by atoms with Gasteiger partial charge in [-0.3, -0.25) is 4.40 Å². The first-order valence-corrected chi connectivity index (χ1v) is 18.2. The van der Waals surface area contributed by atoms with Crippen LogP contribution in [-0.4, -0.2) is 9.38 Å². The minimum absolute atomic E-state index is 0.791. The number of furan rings is 3. The van der Waals surface area contributed by atoms with Gasteiger partial charge in [-0.05, 0) is 70.6 Å². The normalized spacial score (nSPS) is 12.4. The molecule has 0 aliphatic heterocycles. The summed E-state index contributed by atoms with van der Waals surface area (Å²) in [5.74, 6) is 0. The van der Waals surface area contributed by atoms with Crippen molar-refractivity contribution in [2.45, 2.75) is 0 Å². The fourth-order valence-electron chi connectivity index (χ4n) is 8.96. The third kappa shape index (κ3) is 3.65. The van der Waals surface area contributed by atoms with Crippen LogP contribution in [0.25, 0.3) is 126 Å². The number of hydrogen-bond acceptors (Lipinski definition) is 4. The van der Waals surface area contributed by atoms with Gasteiger partial charge in [0.15, 0.2) is 0 Å². The number of para-hydroxylation sites is 4. The number of nitrogens with zero attached hydrogens (tertiary/aromatic N) is 2. The van der Waals surface area contributed by atoms with Crippen LogP contribution >= 0.6 is 0 Å². The lowest BCUT2D eigenvalue weighted by atomic mass is 9.95. The number of hydrogen-bond donors (Lipinski definition) is 0. The molecule has 0 bridgehead atoms. The number of pyridine rings is 1. The van der Waals surface area contributed by atoms with E-state index in [4.69, 9.17) is 18.2 Å². The van der Waals surface area contributed by atoms with Gasteiger partial charge in [0, 0.05) is 43.3 Å². The molecule has 0 fully saturated rings. The molecule has 0 amide bonds. The van der Waals surface area contributed by atoms with Gasteiger partial charge in [-0.25, -0.2) is 4.98 Å². The molecule has 0 radical (unpaired) electrons. The molecular weight excluding hydrogens is 665 g/mol. The summed E-state index contributed by atoms with van der Waals surface area (Å²) in [5.41, 5.74) is 13.5. The lowest BCUT2D eigenvalue weighted by Crippen LogP contribution is -1.92. The SMILES string of the molecule is c1ccc2c(c1)nc1c3ccccc3c3ccc(-c4ccc(-c5cc6oc7ccc8c9ccccc9oc8c7c6c6c5oc5ccccc56)cc4)cc3n21. The molecule has 5 heterocycles. The minimum Gasteiger partial charge on any atom is -0.456 e. The fraction of sp³-hybridized carbons (Fsp3) is 0. The van der Waals surface area contributed by atoms with Gasteiger partial charge in [0.25, 0.3) is 0 Å². The average molecular weight is 691 g/mol. The minimum atomic E-state index is 0.791. The number of rotatable bonds is 2. The first-order chi connectivity index (χ1) is 26.8. The highest BCUT2D eigenvalue weighted by atomic mass is 16.3. The average Bonchev–Trinajstić information content (AvgIpc) is 4.00. The topological polar surface area (TPSA) is 56.7 Å².